The van der Waals surface area contributed by atoms with Crippen LogP contribution in [0.3, 0.4) is 0 Å². The Hall–Kier alpha value is -0.670. The fraction of sp³-hybridized carbons (Fsp3) is 0.727. The summed E-state index contributed by atoms with van der Waals surface area (Å²) in [6, 6.07) is 0. The van der Waals surface area contributed by atoms with Crippen LogP contribution in [-0.4, -0.2) is 55.4 Å². The summed E-state index contributed by atoms with van der Waals surface area (Å²) in [5.41, 5.74) is 1.51. The standard InChI is InChI=1S/C11H18N2O/c1-12-5-2-10(3-6-12)8-13-7-4-11(14)9-13/h2H,3-9H2,1H3. The van der Waals surface area contributed by atoms with Crippen LogP contribution in [0, 0.1) is 0 Å². The lowest BCUT2D eigenvalue weighted by molar-refractivity contribution is -0.116. The first-order chi connectivity index (χ1) is 6.74. The predicted molar refractivity (Wildman–Crippen MR) is 56.3 cm³/mol. The number of hydrogen-bond donors (Lipinski definition) is 0. The van der Waals surface area contributed by atoms with Crippen molar-refractivity contribution in [2.75, 3.05) is 39.8 Å². The number of carbonyl (C=O) groups is 1. The lowest BCUT2D eigenvalue weighted by Crippen LogP contribution is -2.29. The molecule has 0 aromatic heterocycles. The smallest absolute Gasteiger partial charge is 0.148 e. The number of nitrogens with zero attached hydrogens (tertiary/aromatic N) is 2. The number of hydrogen-bond acceptors (Lipinski definition) is 3. The molecule has 1 saturated heterocycles. The molecule has 0 unspecified atom stereocenters. The van der Waals surface area contributed by atoms with E-state index in [1.165, 1.54) is 12.0 Å². The van der Waals surface area contributed by atoms with Crippen molar-refractivity contribution in [1.82, 2.24) is 9.80 Å². The van der Waals surface area contributed by atoms with Crippen molar-refractivity contribution in [2.24, 2.45) is 0 Å². The van der Waals surface area contributed by atoms with Crippen molar-refractivity contribution in [1.29, 1.82) is 0 Å². The Balaban J connectivity index is 1.83. The summed E-state index contributed by atoms with van der Waals surface area (Å²) in [4.78, 5) is 15.7. The molecule has 3 nitrogen and oxygen atoms in total. The van der Waals surface area contributed by atoms with Gasteiger partial charge >= 0.3 is 0 Å². The van der Waals surface area contributed by atoms with Gasteiger partial charge in [-0.05, 0) is 13.5 Å². The molecule has 0 N–H and O–H groups in total. The van der Waals surface area contributed by atoms with Gasteiger partial charge in [0.15, 0.2) is 0 Å². The van der Waals surface area contributed by atoms with Crippen LogP contribution in [0.15, 0.2) is 11.6 Å². The number of ketones is 1. The van der Waals surface area contributed by atoms with E-state index in [9.17, 15) is 4.79 Å². The highest BCUT2D eigenvalue weighted by molar-refractivity contribution is 5.82. The second kappa shape index (κ2) is 4.24. The number of likely N-dealkylation sites (tertiary alicyclic amines) is 1. The van der Waals surface area contributed by atoms with Gasteiger partial charge in [0.25, 0.3) is 0 Å². The van der Waals surface area contributed by atoms with Gasteiger partial charge in [-0.3, -0.25) is 9.69 Å². The van der Waals surface area contributed by atoms with Crippen molar-refractivity contribution in [2.45, 2.75) is 12.8 Å². The summed E-state index contributed by atoms with van der Waals surface area (Å²) >= 11 is 0. The highest BCUT2D eigenvalue weighted by Gasteiger charge is 2.20. The third-order valence-electron chi connectivity index (χ3n) is 3.04. The van der Waals surface area contributed by atoms with Crippen molar-refractivity contribution in [3.8, 4) is 0 Å². The molecule has 2 aliphatic heterocycles. The van der Waals surface area contributed by atoms with E-state index in [1.54, 1.807) is 0 Å². The van der Waals surface area contributed by atoms with E-state index >= 15 is 0 Å². The monoisotopic (exact) mass is 194 g/mol. The largest absolute Gasteiger partial charge is 0.302 e. The lowest BCUT2D eigenvalue weighted by atomic mass is 10.1. The molecule has 0 spiro atoms. The zero-order chi connectivity index (χ0) is 9.97. The van der Waals surface area contributed by atoms with Crippen LogP contribution < -0.4 is 0 Å². The number of Topliss-reactive ketones (excluding diaryl/α,β-unsaturated/α-hetero) is 1. The lowest BCUT2D eigenvalue weighted by Gasteiger charge is -2.24. The molecule has 0 aromatic rings. The Labute approximate surface area is 85.4 Å². The van der Waals surface area contributed by atoms with Crippen LogP contribution in [-0.2, 0) is 4.79 Å². The Morgan fingerprint density at radius 3 is 2.79 bits per heavy atom. The zero-order valence-electron chi connectivity index (χ0n) is 8.83. The van der Waals surface area contributed by atoms with Crippen LogP contribution in [0.5, 0.6) is 0 Å². The van der Waals surface area contributed by atoms with Crippen LogP contribution in [0.4, 0.5) is 0 Å². The molecule has 0 radical (unpaired) electrons. The summed E-state index contributed by atoms with van der Waals surface area (Å²) in [6.07, 6.45) is 4.24. The number of carbonyl (C=O) groups excluding carboxylic acids is 1. The first kappa shape index (κ1) is 9.87. The van der Waals surface area contributed by atoms with E-state index in [4.69, 9.17) is 0 Å². The quantitative estimate of drug-likeness (QED) is 0.599. The van der Waals surface area contributed by atoms with E-state index in [-0.39, 0.29) is 0 Å². The first-order valence-corrected chi connectivity index (χ1v) is 5.34. The summed E-state index contributed by atoms with van der Waals surface area (Å²) in [5.74, 6) is 0.401. The molecule has 1 fully saturated rings. The van der Waals surface area contributed by atoms with Gasteiger partial charge in [-0.2, -0.15) is 0 Å². The minimum absolute atomic E-state index is 0.401. The van der Waals surface area contributed by atoms with Gasteiger partial charge in [0.2, 0.25) is 0 Å². The number of rotatable bonds is 2. The molecule has 3 heteroatoms. The molecule has 2 heterocycles. The van der Waals surface area contributed by atoms with Crippen LogP contribution >= 0.6 is 0 Å². The molecule has 0 amide bonds. The summed E-state index contributed by atoms with van der Waals surface area (Å²) in [5, 5.41) is 0. The summed E-state index contributed by atoms with van der Waals surface area (Å²) < 4.78 is 0. The van der Waals surface area contributed by atoms with E-state index in [2.05, 4.69) is 22.9 Å². The van der Waals surface area contributed by atoms with Crippen molar-refractivity contribution < 1.29 is 4.79 Å². The van der Waals surface area contributed by atoms with E-state index < -0.39 is 0 Å². The molecule has 0 bridgehead atoms. The summed E-state index contributed by atoms with van der Waals surface area (Å²) in [7, 11) is 2.15. The third-order valence-corrected chi connectivity index (χ3v) is 3.04. The summed E-state index contributed by atoms with van der Waals surface area (Å²) in [6.45, 7) is 4.88. The Morgan fingerprint density at radius 1 is 1.36 bits per heavy atom. The van der Waals surface area contributed by atoms with Crippen LogP contribution in [0.25, 0.3) is 0 Å². The molecular formula is C11H18N2O. The fourth-order valence-electron chi connectivity index (χ4n) is 2.07. The molecule has 0 atom stereocenters. The van der Waals surface area contributed by atoms with Crippen molar-refractivity contribution >= 4 is 5.78 Å². The molecule has 0 aromatic carbocycles. The van der Waals surface area contributed by atoms with Gasteiger partial charge in [0, 0.05) is 32.6 Å². The predicted octanol–water partition coefficient (Wildman–Crippen LogP) is 0.523. The molecule has 78 valence electrons. The van der Waals surface area contributed by atoms with E-state index in [0.29, 0.717) is 12.3 Å². The number of likely N-dealkylation sites (N-methyl/N-ethyl adjacent to an activating group) is 1. The average Bonchev–Trinajstić information content (AvgIpc) is 2.56. The Kier molecular flexibility index (Phi) is 2.99. The fourth-order valence-corrected chi connectivity index (χ4v) is 2.07. The molecule has 14 heavy (non-hydrogen) atoms. The highest BCUT2D eigenvalue weighted by atomic mass is 16.1. The maximum atomic E-state index is 11.1. The normalized spacial score (nSPS) is 25.5. The van der Waals surface area contributed by atoms with Gasteiger partial charge in [-0.1, -0.05) is 11.6 Å². The Bertz CT molecular complexity index is 260. The third kappa shape index (κ3) is 2.42. The molecule has 0 aliphatic carbocycles. The second-order valence-corrected chi connectivity index (χ2v) is 4.37. The molecular weight excluding hydrogens is 176 g/mol. The first-order valence-electron chi connectivity index (χ1n) is 5.34. The van der Waals surface area contributed by atoms with Gasteiger partial charge < -0.3 is 4.90 Å². The maximum absolute atomic E-state index is 11.1. The zero-order valence-corrected chi connectivity index (χ0v) is 8.83. The van der Waals surface area contributed by atoms with Gasteiger partial charge in [-0.25, -0.2) is 0 Å². The van der Waals surface area contributed by atoms with Crippen molar-refractivity contribution in [3.05, 3.63) is 11.6 Å². The minimum atomic E-state index is 0.401. The van der Waals surface area contributed by atoms with Crippen LogP contribution in [0.1, 0.15) is 12.8 Å². The highest BCUT2D eigenvalue weighted by Crippen LogP contribution is 2.13. The second-order valence-electron chi connectivity index (χ2n) is 4.37. The van der Waals surface area contributed by atoms with Gasteiger partial charge in [-0.15, -0.1) is 0 Å². The molecule has 2 aliphatic rings. The maximum Gasteiger partial charge on any atom is 0.148 e. The topological polar surface area (TPSA) is 23.6 Å². The van der Waals surface area contributed by atoms with E-state index in [1.807, 2.05) is 0 Å². The van der Waals surface area contributed by atoms with Crippen molar-refractivity contribution in [3.63, 3.8) is 0 Å². The Morgan fingerprint density at radius 2 is 2.21 bits per heavy atom. The van der Waals surface area contributed by atoms with Gasteiger partial charge in [0.05, 0.1) is 6.54 Å². The molecule has 0 saturated carbocycles. The average molecular weight is 194 g/mol. The SMILES string of the molecule is CN1CC=C(CN2CCC(=O)C2)CC1. The molecule has 2 rings (SSSR count). The van der Waals surface area contributed by atoms with E-state index in [0.717, 1.165) is 32.6 Å². The minimum Gasteiger partial charge on any atom is -0.302 e. The van der Waals surface area contributed by atoms with Gasteiger partial charge in [0.1, 0.15) is 5.78 Å². The van der Waals surface area contributed by atoms with Crippen LogP contribution in [0.2, 0.25) is 0 Å².